The van der Waals surface area contributed by atoms with E-state index >= 15 is 0 Å². The number of para-hydroxylation sites is 2. The summed E-state index contributed by atoms with van der Waals surface area (Å²) in [5.41, 5.74) is 9.77. The maximum absolute atomic E-state index is 11.2. The molecule has 0 aliphatic carbocycles. The summed E-state index contributed by atoms with van der Waals surface area (Å²) in [4.78, 5) is 12.0. The topological polar surface area (TPSA) is 73.6 Å². The van der Waals surface area contributed by atoms with Gasteiger partial charge in [0.15, 0.2) is 0 Å². The fourth-order valence-corrected chi connectivity index (χ4v) is 3.46. The van der Waals surface area contributed by atoms with E-state index in [1.807, 2.05) is 48.5 Å². The Labute approximate surface area is 162 Å². The Kier molecular flexibility index (Phi) is 5.98. The minimum absolute atomic E-state index is 0.176. The molecule has 0 atom stereocenters. The van der Waals surface area contributed by atoms with Gasteiger partial charge in [-0.1, -0.05) is 36.4 Å². The van der Waals surface area contributed by atoms with E-state index < -0.39 is 0 Å². The van der Waals surface area contributed by atoms with Gasteiger partial charge in [-0.15, -0.1) is 11.3 Å². The van der Waals surface area contributed by atoms with Crippen LogP contribution >= 0.6 is 11.3 Å². The van der Waals surface area contributed by atoms with Crippen LogP contribution in [0.25, 0.3) is 0 Å². The number of benzene rings is 2. The largest absolute Gasteiger partial charge is 0.488 e. The lowest BCUT2D eigenvalue weighted by Crippen LogP contribution is -2.01. The Hall–Kier alpha value is -2.99. The Balaban J connectivity index is 1.79. The van der Waals surface area contributed by atoms with Gasteiger partial charge in [0.2, 0.25) is 0 Å². The van der Waals surface area contributed by atoms with E-state index in [2.05, 4.69) is 18.3 Å². The molecule has 6 heteroatoms. The number of nitrogens with two attached hydrogens (primary N) is 1. The molecule has 0 spiro atoms. The molecule has 140 valence electrons. The molecule has 0 saturated carbocycles. The number of anilines is 3. The van der Waals surface area contributed by atoms with E-state index in [0.29, 0.717) is 18.0 Å². The first kappa shape index (κ1) is 18.8. The van der Waals surface area contributed by atoms with Crippen molar-refractivity contribution in [2.75, 3.05) is 11.1 Å². The van der Waals surface area contributed by atoms with Gasteiger partial charge in [-0.3, -0.25) is 4.79 Å². The first-order chi connectivity index (χ1) is 13.0. The van der Waals surface area contributed by atoms with E-state index in [-0.39, 0.29) is 12.6 Å². The van der Waals surface area contributed by atoms with E-state index in [1.54, 1.807) is 0 Å². The fourth-order valence-electron chi connectivity index (χ4n) is 2.53. The molecule has 0 saturated heterocycles. The van der Waals surface area contributed by atoms with Crippen LogP contribution in [-0.2, 0) is 22.7 Å². The van der Waals surface area contributed by atoms with Crippen molar-refractivity contribution < 1.29 is 14.3 Å². The standard InChI is InChI=1S/C21H22N2O3S/c1-14-7-3-4-8-16(14)12-26-19-11-21(27-20(19)13-25-15(2)24)23-18-10-6-5-9-17(18)22/h3-11,23H,12-13,22H2,1-2H3. The number of aryl methyl sites for hydroxylation is 1. The van der Waals surface area contributed by atoms with Crippen LogP contribution in [0.3, 0.4) is 0 Å². The second-order valence-corrected chi connectivity index (χ2v) is 7.24. The second kappa shape index (κ2) is 8.60. The number of rotatable bonds is 7. The molecule has 0 fully saturated rings. The van der Waals surface area contributed by atoms with Gasteiger partial charge in [-0.05, 0) is 30.2 Å². The minimum atomic E-state index is -0.324. The summed E-state index contributed by atoms with van der Waals surface area (Å²) in [7, 11) is 0. The third-order valence-corrected chi connectivity index (χ3v) is 5.05. The molecule has 0 amide bonds. The highest BCUT2D eigenvalue weighted by Gasteiger charge is 2.13. The number of nitrogen functional groups attached to an aromatic ring is 1. The number of esters is 1. The quantitative estimate of drug-likeness (QED) is 0.443. The third kappa shape index (κ3) is 5.01. The number of carbonyl (C=O) groups excluding carboxylic acids is 1. The summed E-state index contributed by atoms with van der Waals surface area (Å²) >= 11 is 1.48. The van der Waals surface area contributed by atoms with Crippen molar-refractivity contribution in [1.29, 1.82) is 0 Å². The molecule has 1 heterocycles. The molecule has 1 aromatic heterocycles. The lowest BCUT2D eigenvalue weighted by Gasteiger charge is -2.09. The van der Waals surface area contributed by atoms with Gasteiger partial charge in [0.1, 0.15) is 19.0 Å². The number of thiophene rings is 1. The Morgan fingerprint density at radius 2 is 1.85 bits per heavy atom. The zero-order valence-electron chi connectivity index (χ0n) is 15.3. The average Bonchev–Trinajstić information content (AvgIpc) is 3.03. The number of hydrogen-bond acceptors (Lipinski definition) is 6. The van der Waals surface area contributed by atoms with Crippen molar-refractivity contribution in [3.63, 3.8) is 0 Å². The van der Waals surface area contributed by atoms with Crippen molar-refractivity contribution in [2.24, 2.45) is 0 Å². The molecule has 0 unspecified atom stereocenters. The average molecular weight is 382 g/mol. The van der Waals surface area contributed by atoms with E-state index in [1.165, 1.54) is 23.8 Å². The first-order valence-electron chi connectivity index (χ1n) is 8.58. The highest BCUT2D eigenvalue weighted by Crippen LogP contribution is 2.37. The van der Waals surface area contributed by atoms with Gasteiger partial charge in [0.05, 0.1) is 21.3 Å². The van der Waals surface area contributed by atoms with Gasteiger partial charge in [-0.25, -0.2) is 0 Å². The fraction of sp³-hybridized carbons (Fsp3) is 0.190. The Bertz CT molecular complexity index is 937. The molecule has 0 radical (unpaired) electrons. The normalized spacial score (nSPS) is 10.4. The molecule has 3 N–H and O–H groups in total. The zero-order valence-corrected chi connectivity index (χ0v) is 16.1. The van der Waals surface area contributed by atoms with Crippen LogP contribution < -0.4 is 15.8 Å². The molecule has 5 nitrogen and oxygen atoms in total. The minimum Gasteiger partial charge on any atom is -0.488 e. The lowest BCUT2D eigenvalue weighted by molar-refractivity contribution is -0.142. The molecular formula is C21H22N2O3S. The number of hydrogen-bond donors (Lipinski definition) is 2. The molecule has 27 heavy (non-hydrogen) atoms. The molecular weight excluding hydrogens is 360 g/mol. The van der Waals surface area contributed by atoms with Crippen LogP contribution in [0, 0.1) is 6.92 Å². The smallest absolute Gasteiger partial charge is 0.302 e. The van der Waals surface area contributed by atoms with Crippen molar-refractivity contribution in [3.8, 4) is 5.75 Å². The predicted octanol–water partition coefficient (Wildman–Crippen LogP) is 5.02. The highest BCUT2D eigenvalue weighted by molar-refractivity contribution is 7.16. The van der Waals surface area contributed by atoms with Crippen molar-refractivity contribution >= 4 is 33.7 Å². The molecule has 0 bridgehead atoms. The van der Waals surface area contributed by atoms with Gasteiger partial charge in [0, 0.05) is 13.0 Å². The molecule has 0 aliphatic rings. The van der Waals surface area contributed by atoms with Crippen LogP contribution in [0.5, 0.6) is 5.75 Å². The Morgan fingerprint density at radius 3 is 2.59 bits per heavy atom. The zero-order chi connectivity index (χ0) is 19.2. The number of nitrogens with one attached hydrogen (secondary N) is 1. The summed E-state index contributed by atoms with van der Waals surface area (Å²) in [6, 6.07) is 17.5. The van der Waals surface area contributed by atoms with Crippen molar-refractivity contribution in [1.82, 2.24) is 0 Å². The van der Waals surface area contributed by atoms with Crippen LogP contribution in [0.1, 0.15) is 22.9 Å². The highest BCUT2D eigenvalue weighted by atomic mass is 32.1. The van der Waals surface area contributed by atoms with Gasteiger partial charge in [0.25, 0.3) is 0 Å². The lowest BCUT2D eigenvalue weighted by atomic mass is 10.1. The molecule has 3 aromatic rings. The predicted molar refractivity (Wildman–Crippen MR) is 109 cm³/mol. The van der Waals surface area contributed by atoms with E-state index in [9.17, 15) is 4.79 Å². The summed E-state index contributed by atoms with van der Waals surface area (Å²) in [6.45, 7) is 4.07. The SMILES string of the molecule is CC(=O)OCc1sc(Nc2ccccc2N)cc1OCc1ccccc1C. The summed E-state index contributed by atoms with van der Waals surface area (Å²) in [5.74, 6) is 0.372. The maximum atomic E-state index is 11.2. The van der Waals surface area contributed by atoms with E-state index in [0.717, 1.165) is 21.1 Å². The third-order valence-electron chi connectivity index (χ3n) is 4.04. The van der Waals surface area contributed by atoms with Gasteiger partial charge in [-0.2, -0.15) is 0 Å². The molecule has 0 aliphatic heterocycles. The first-order valence-corrected chi connectivity index (χ1v) is 9.39. The summed E-state index contributed by atoms with van der Waals surface area (Å²) < 4.78 is 11.2. The second-order valence-electron chi connectivity index (χ2n) is 6.11. The van der Waals surface area contributed by atoms with Crippen LogP contribution in [0.2, 0.25) is 0 Å². The number of ether oxygens (including phenoxy) is 2. The van der Waals surface area contributed by atoms with Crippen molar-refractivity contribution in [2.45, 2.75) is 27.1 Å². The molecule has 3 rings (SSSR count). The van der Waals surface area contributed by atoms with E-state index in [4.69, 9.17) is 15.2 Å². The summed E-state index contributed by atoms with van der Waals surface area (Å²) in [5, 5.41) is 4.17. The Morgan fingerprint density at radius 1 is 1.11 bits per heavy atom. The maximum Gasteiger partial charge on any atom is 0.302 e. The number of carbonyl (C=O) groups is 1. The van der Waals surface area contributed by atoms with Crippen molar-refractivity contribution in [3.05, 3.63) is 70.6 Å². The van der Waals surface area contributed by atoms with Crippen LogP contribution in [-0.4, -0.2) is 5.97 Å². The monoisotopic (exact) mass is 382 g/mol. The van der Waals surface area contributed by atoms with Gasteiger partial charge < -0.3 is 20.5 Å². The van der Waals surface area contributed by atoms with Gasteiger partial charge >= 0.3 is 5.97 Å². The van der Waals surface area contributed by atoms with Crippen LogP contribution in [0.4, 0.5) is 16.4 Å². The van der Waals surface area contributed by atoms with Crippen LogP contribution in [0.15, 0.2) is 54.6 Å². The molecule has 2 aromatic carbocycles. The summed E-state index contributed by atoms with van der Waals surface area (Å²) in [6.07, 6.45) is 0.